The second-order valence-electron chi connectivity index (χ2n) is 3.61. The van der Waals surface area contributed by atoms with Crippen LogP contribution in [0.2, 0.25) is 0 Å². The summed E-state index contributed by atoms with van der Waals surface area (Å²) in [4.78, 5) is 22.0. The average molecular weight is 251 g/mol. The fraction of sp³-hybridized carbons (Fsp3) is 0.385. The Labute approximate surface area is 106 Å². The van der Waals surface area contributed by atoms with Crippen LogP contribution in [0.3, 0.4) is 0 Å². The normalized spacial score (nSPS) is 9.67. The second kappa shape index (κ2) is 7.32. The third-order valence-electron chi connectivity index (χ3n) is 2.03. The molecule has 0 unspecified atom stereocenters. The van der Waals surface area contributed by atoms with Crippen molar-refractivity contribution in [2.24, 2.45) is 0 Å². The number of ether oxygens (including phenoxy) is 2. The summed E-state index contributed by atoms with van der Waals surface area (Å²) < 4.78 is 10.2. The second-order valence-corrected chi connectivity index (χ2v) is 3.61. The predicted molar refractivity (Wildman–Crippen MR) is 67.5 cm³/mol. The summed E-state index contributed by atoms with van der Waals surface area (Å²) in [5, 5.41) is 2.65. The molecule has 0 aliphatic heterocycles. The molecule has 1 rings (SSSR count). The molecular weight excluding hydrogens is 234 g/mol. The lowest BCUT2D eigenvalue weighted by atomic mass is 10.3. The highest BCUT2D eigenvalue weighted by molar-refractivity contribution is 5.88. The lowest BCUT2D eigenvalue weighted by Gasteiger charge is -2.08. The van der Waals surface area contributed by atoms with Gasteiger partial charge in [0.2, 0.25) is 5.91 Å². The molecule has 0 atom stereocenters. The van der Waals surface area contributed by atoms with E-state index in [0.717, 1.165) is 0 Å². The number of hydrogen-bond acceptors (Lipinski definition) is 4. The Balaban J connectivity index is 2.42. The van der Waals surface area contributed by atoms with E-state index in [1.165, 1.54) is 6.92 Å². The van der Waals surface area contributed by atoms with Crippen molar-refractivity contribution in [3.8, 4) is 5.75 Å². The Morgan fingerprint density at radius 3 is 2.78 bits per heavy atom. The van der Waals surface area contributed by atoms with Gasteiger partial charge < -0.3 is 14.8 Å². The van der Waals surface area contributed by atoms with Crippen molar-refractivity contribution in [2.75, 3.05) is 18.5 Å². The van der Waals surface area contributed by atoms with Crippen molar-refractivity contribution in [1.29, 1.82) is 0 Å². The summed E-state index contributed by atoms with van der Waals surface area (Å²) >= 11 is 0. The number of hydrogen-bond donors (Lipinski definition) is 1. The van der Waals surface area contributed by atoms with Crippen LogP contribution in [0, 0.1) is 0 Å². The maximum absolute atomic E-state index is 11.1. The van der Waals surface area contributed by atoms with Gasteiger partial charge in [0.05, 0.1) is 19.6 Å². The van der Waals surface area contributed by atoms with Gasteiger partial charge in [-0.05, 0) is 19.1 Å². The monoisotopic (exact) mass is 251 g/mol. The summed E-state index contributed by atoms with van der Waals surface area (Å²) in [5.74, 6) is 0.180. The van der Waals surface area contributed by atoms with Crippen LogP contribution in [-0.4, -0.2) is 25.1 Å². The van der Waals surface area contributed by atoms with Crippen LogP contribution in [0.25, 0.3) is 0 Å². The van der Waals surface area contributed by atoms with Gasteiger partial charge in [0.25, 0.3) is 0 Å². The Morgan fingerprint density at radius 1 is 1.33 bits per heavy atom. The molecule has 5 heteroatoms. The summed E-state index contributed by atoms with van der Waals surface area (Å²) in [7, 11) is 0. The van der Waals surface area contributed by atoms with E-state index in [-0.39, 0.29) is 24.9 Å². The number of benzene rings is 1. The zero-order chi connectivity index (χ0) is 13.4. The molecule has 1 N–H and O–H groups in total. The van der Waals surface area contributed by atoms with Crippen LogP contribution in [-0.2, 0) is 14.3 Å². The largest absolute Gasteiger partial charge is 0.493 e. The first-order valence-electron chi connectivity index (χ1n) is 5.78. The number of carbonyl (C=O) groups is 2. The molecule has 0 saturated heterocycles. The number of rotatable bonds is 6. The topological polar surface area (TPSA) is 64.6 Å². The minimum absolute atomic E-state index is 0.140. The van der Waals surface area contributed by atoms with E-state index in [1.54, 1.807) is 31.2 Å². The molecule has 0 heterocycles. The van der Waals surface area contributed by atoms with Crippen LogP contribution < -0.4 is 10.1 Å². The highest BCUT2D eigenvalue weighted by Gasteiger charge is 2.03. The standard InChI is InChI=1S/C13H17NO4/c1-3-17-13(16)7-8-18-12-6-4-5-11(9-12)14-10(2)15/h4-6,9H,3,7-8H2,1-2H3,(H,14,15). The fourth-order valence-electron chi connectivity index (χ4n) is 1.35. The minimum Gasteiger partial charge on any atom is -0.493 e. The molecule has 0 spiro atoms. The molecule has 0 radical (unpaired) electrons. The van der Waals surface area contributed by atoms with Gasteiger partial charge in [-0.1, -0.05) is 6.07 Å². The molecule has 0 fully saturated rings. The van der Waals surface area contributed by atoms with Gasteiger partial charge in [-0.3, -0.25) is 9.59 Å². The molecule has 0 aliphatic carbocycles. The van der Waals surface area contributed by atoms with Gasteiger partial charge in [0, 0.05) is 18.7 Å². The highest BCUT2D eigenvalue weighted by Crippen LogP contribution is 2.17. The fourth-order valence-corrected chi connectivity index (χ4v) is 1.35. The Bertz CT molecular complexity index is 417. The third-order valence-corrected chi connectivity index (χ3v) is 2.03. The first-order chi connectivity index (χ1) is 8.61. The first-order valence-corrected chi connectivity index (χ1v) is 5.78. The van der Waals surface area contributed by atoms with Crippen molar-refractivity contribution >= 4 is 17.6 Å². The summed E-state index contributed by atoms with van der Waals surface area (Å²) in [6.07, 6.45) is 0.207. The number of amides is 1. The summed E-state index contributed by atoms with van der Waals surface area (Å²) in [6, 6.07) is 6.99. The average Bonchev–Trinajstić information content (AvgIpc) is 2.29. The lowest BCUT2D eigenvalue weighted by molar-refractivity contribution is -0.143. The van der Waals surface area contributed by atoms with E-state index in [2.05, 4.69) is 5.32 Å². The zero-order valence-corrected chi connectivity index (χ0v) is 10.6. The molecule has 18 heavy (non-hydrogen) atoms. The van der Waals surface area contributed by atoms with Crippen molar-refractivity contribution in [1.82, 2.24) is 0 Å². The minimum atomic E-state index is -0.282. The van der Waals surface area contributed by atoms with Crippen molar-refractivity contribution < 1.29 is 19.1 Å². The molecule has 5 nitrogen and oxygen atoms in total. The number of anilines is 1. The van der Waals surface area contributed by atoms with E-state index in [4.69, 9.17) is 9.47 Å². The van der Waals surface area contributed by atoms with Gasteiger partial charge >= 0.3 is 5.97 Å². The maximum atomic E-state index is 11.1. The van der Waals surface area contributed by atoms with Gasteiger partial charge in [0.15, 0.2) is 0 Å². The Hall–Kier alpha value is -2.04. The van der Waals surface area contributed by atoms with Crippen molar-refractivity contribution in [3.05, 3.63) is 24.3 Å². The molecular formula is C13H17NO4. The summed E-state index contributed by atoms with van der Waals surface area (Å²) in [5.41, 5.74) is 0.663. The van der Waals surface area contributed by atoms with E-state index >= 15 is 0 Å². The Morgan fingerprint density at radius 2 is 2.11 bits per heavy atom. The summed E-state index contributed by atoms with van der Waals surface area (Å²) in [6.45, 7) is 3.82. The van der Waals surface area contributed by atoms with Crippen molar-refractivity contribution in [3.63, 3.8) is 0 Å². The maximum Gasteiger partial charge on any atom is 0.309 e. The SMILES string of the molecule is CCOC(=O)CCOc1cccc(NC(C)=O)c1. The smallest absolute Gasteiger partial charge is 0.309 e. The number of nitrogens with one attached hydrogen (secondary N) is 1. The quantitative estimate of drug-likeness (QED) is 0.785. The van der Waals surface area contributed by atoms with Crippen LogP contribution in [0.5, 0.6) is 5.75 Å². The Kier molecular flexibility index (Phi) is 5.70. The van der Waals surface area contributed by atoms with Gasteiger partial charge in [-0.15, -0.1) is 0 Å². The zero-order valence-electron chi connectivity index (χ0n) is 10.6. The molecule has 0 bridgehead atoms. The molecule has 1 aromatic carbocycles. The van der Waals surface area contributed by atoms with Crippen molar-refractivity contribution in [2.45, 2.75) is 20.3 Å². The third kappa shape index (κ3) is 5.34. The molecule has 0 aliphatic rings. The van der Waals surface area contributed by atoms with Gasteiger partial charge in [-0.25, -0.2) is 0 Å². The van der Waals surface area contributed by atoms with Crippen LogP contribution in [0.1, 0.15) is 20.3 Å². The molecule has 1 amide bonds. The number of carbonyl (C=O) groups excluding carboxylic acids is 2. The first kappa shape index (κ1) is 14.0. The molecule has 0 saturated carbocycles. The van der Waals surface area contributed by atoms with E-state index < -0.39 is 0 Å². The molecule has 0 aromatic heterocycles. The number of esters is 1. The van der Waals surface area contributed by atoms with Crippen LogP contribution in [0.4, 0.5) is 5.69 Å². The van der Waals surface area contributed by atoms with E-state index in [1.807, 2.05) is 0 Å². The predicted octanol–water partition coefficient (Wildman–Crippen LogP) is 1.98. The molecule has 98 valence electrons. The van der Waals surface area contributed by atoms with E-state index in [0.29, 0.717) is 18.0 Å². The van der Waals surface area contributed by atoms with E-state index in [9.17, 15) is 9.59 Å². The molecule has 1 aromatic rings. The van der Waals surface area contributed by atoms with Crippen LogP contribution in [0.15, 0.2) is 24.3 Å². The highest BCUT2D eigenvalue weighted by atomic mass is 16.5. The van der Waals surface area contributed by atoms with Gasteiger partial charge in [0.1, 0.15) is 5.75 Å². The van der Waals surface area contributed by atoms with Gasteiger partial charge in [-0.2, -0.15) is 0 Å². The lowest BCUT2D eigenvalue weighted by Crippen LogP contribution is -2.10. The van der Waals surface area contributed by atoms with Crippen LogP contribution >= 0.6 is 0 Å².